The van der Waals surface area contributed by atoms with Crippen LogP contribution in [0.3, 0.4) is 0 Å². The highest BCUT2D eigenvalue weighted by atomic mass is 19.3. The molecule has 3 aromatic heterocycles. The van der Waals surface area contributed by atoms with Crippen LogP contribution in [0.2, 0.25) is 0 Å². The lowest BCUT2D eigenvalue weighted by Crippen LogP contribution is -2.63. The molecule has 1 saturated heterocycles. The second-order valence-corrected chi connectivity index (χ2v) is 10.9. The zero-order valence-electron chi connectivity index (χ0n) is 24.2. The molecule has 46 heavy (non-hydrogen) atoms. The number of carboxylic acid groups (broad SMARTS) is 1. The van der Waals surface area contributed by atoms with Crippen molar-refractivity contribution in [3.05, 3.63) is 54.2 Å². The number of halogens is 4. The molecule has 4 heterocycles. The molecule has 7 N–H and O–H groups in total. The van der Waals surface area contributed by atoms with E-state index < -0.39 is 53.6 Å². The molecule has 5 rings (SSSR count). The highest BCUT2D eigenvalue weighted by Crippen LogP contribution is 2.35. The number of benzene rings is 1. The highest BCUT2D eigenvalue weighted by Gasteiger charge is 2.43. The average molecular weight is 648 g/mol. The molecule has 244 valence electrons. The SMILES string of the molecule is C[C@@H](NC(=O)Oc1cc(F)c(-c2cc(Cn3cnc4c(N)ncnc43)c(N3CCC[C@](N)([C@H](O)C(F)F)C3)cn2)cc1F)C(=O)O. The molecule has 1 fully saturated rings. The first-order chi connectivity index (χ1) is 21.8. The summed E-state index contributed by atoms with van der Waals surface area (Å²) in [6.45, 7) is 1.42. The van der Waals surface area contributed by atoms with Gasteiger partial charge in [0.25, 0.3) is 6.43 Å². The number of anilines is 2. The van der Waals surface area contributed by atoms with Crippen LogP contribution in [0, 0.1) is 11.6 Å². The van der Waals surface area contributed by atoms with Crippen LogP contribution in [0.4, 0.5) is 33.9 Å². The predicted molar refractivity (Wildman–Crippen MR) is 155 cm³/mol. The zero-order chi connectivity index (χ0) is 33.3. The summed E-state index contributed by atoms with van der Waals surface area (Å²) >= 11 is 0. The molecule has 18 heteroatoms. The van der Waals surface area contributed by atoms with E-state index in [2.05, 4.69) is 19.9 Å². The lowest BCUT2D eigenvalue weighted by Gasteiger charge is -2.44. The first kappa shape index (κ1) is 32.3. The van der Waals surface area contributed by atoms with Gasteiger partial charge >= 0.3 is 12.1 Å². The Kier molecular flexibility index (Phi) is 8.93. The second kappa shape index (κ2) is 12.7. The number of nitrogen functional groups attached to an aromatic ring is 1. The summed E-state index contributed by atoms with van der Waals surface area (Å²) in [5, 5.41) is 21.1. The van der Waals surface area contributed by atoms with E-state index >= 15 is 8.78 Å². The molecule has 1 aromatic carbocycles. The standard InChI is InChI=1S/C28H29F4N9O5/c1-13(26(43)44)39-27(45)46-20-7-16(29)15(6-17(20)30)18-5-14(9-41-12-38-21-24(33)36-11-37-25(21)41)19(8-35-18)40-4-2-3-28(34,10-40)22(42)23(31)32/h5-8,11-13,22-23,42H,2-4,9-10,34H2,1H3,(H,39,45)(H,43,44)(H2,33,36,37)/t13-,22-,28-/m1/s1. The Labute approximate surface area is 258 Å². The average Bonchev–Trinajstić information content (AvgIpc) is 3.42. The van der Waals surface area contributed by atoms with E-state index in [1.54, 1.807) is 9.47 Å². The van der Waals surface area contributed by atoms with Crippen molar-refractivity contribution >= 4 is 34.7 Å². The third kappa shape index (κ3) is 6.47. The van der Waals surface area contributed by atoms with Gasteiger partial charge in [-0.2, -0.15) is 0 Å². The fourth-order valence-corrected chi connectivity index (χ4v) is 5.23. The van der Waals surface area contributed by atoms with Crippen LogP contribution in [0.25, 0.3) is 22.4 Å². The van der Waals surface area contributed by atoms with Crippen LogP contribution < -0.4 is 26.4 Å². The highest BCUT2D eigenvalue weighted by molar-refractivity contribution is 5.82. The van der Waals surface area contributed by atoms with Crippen LogP contribution in [-0.4, -0.2) is 84.0 Å². The van der Waals surface area contributed by atoms with Crippen LogP contribution >= 0.6 is 0 Å². The first-order valence-electron chi connectivity index (χ1n) is 13.9. The zero-order valence-corrected chi connectivity index (χ0v) is 24.2. The smallest absolute Gasteiger partial charge is 0.413 e. The number of rotatable bonds is 9. The number of amides is 1. The van der Waals surface area contributed by atoms with Crippen molar-refractivity contribution in [1.82, 2.24) is 29.8 Å². The second-order valence-electron chi connectivity index (χ2n) is 10.9. The number of carbonyl (C=O) groups excluding carboxylic acids is 1. The van der Waals surface area contributed by atoms with Gasteiger partial charge < -0.3 is 41.2 Å². The Morgan fingerprint density at radius 3 is 2.63 bits per heavy atom. The number of carbonyl (C=O) groups is 2. The number of nitrogens with one attached hydrogen (secondary N) is 1. The number of hydrogen-bond donors (Lipinski definition) is 5. The monoisotopic (exact) mass is 647 g/mol. The summed E-state index contributed by atoms with van der Waals surface area (Å²) in [6, 6.07) is 1.49. The van der Waals surface area contributed by atoms with Gasteiger partial charge in [0.05, 0.1) is 36.0 Å². The number of ether oxygens (including phenoxy) is 1. The molecule has 0 bridgehead atoms. The van der Waals surface area contributed by atoms with Crippen molar-refractivity contribution in [3.8, 4) is 17.0 Å². The van der Waals surface area contributed by atoms with Gasteiger partial charge in [0, 0.05) is 24.7 Å². The van der Waals surface area contributed by atoms with Gasteiger partial charge in [-0.1, -0.05) is 0 Å². The number of carboxylic acids is 1. The Morgan fingerprint density at radius 2 is 1.91 bits per heavy atom. The fraction of sp³-hybridized carbons (Fsp3) is 0.357. The quantitative estimate of drug-likeness (QED) is 0.166. The van der Waals surface area contributed by atoms with Crippen molar-refractivity contribution in [3.63, 3.8) is 0 Å². The molecule has 0 radical (unpaired) electrons. The molecule has 0 spiro atoms. The lowest BCUT2D eigenvalue weighted by atomic mass is 9.84. The molecule has 1 amide bonds. The minimum Gasteiger partial charge on any atom is -0.480 e. The van der Waals surface area contributed by atoms with E-state index in [0.717, 1.165) is 13.0 Å². The summed E-state index contributed by atoms with van der Waals surface area (Å²) in [5.41, 5.74) is 11.8. The van der Waals surface area contributed by atoms with Crippen molar-refractivity contribution in [1.29, 1.82) is 0 Å². The summed E-state index contributed by atoms with van der Waals surface area (Å²) < 4.78 is 63.7. The normalized spacial score (nSPS) is 18.0. The minimum atomic E-state index is -3.07. The van der Waals surface area contributed by atoms with Crippen molar-refractivity contribution in [2.75, 3.05) is 23.7 Å². The molecule has 0 unspecified atom stereocenters. The maximum atomic E-state index is 15.4. The Hall–Kier alpha value is -5.10. The number of fused-ring (bicyclic) bond motifs is 1. The number of imidazole rings is 1. The molecule has 3 atom stereocenters. The van der Waals surface area contributed by atoms with Gasteiger partial charge in [0.1, 0.15) is 29.8 Å². The lowest BCUT2D eigenvalue weighted by molar-refractivity contribution is -0.138. The van der Waals surface area contributed by atoms with Crippen LogP contribution in [0.5, 0.6) is 5.75 Å². The molecule has 14 nitrogen and oxygen atoms in total. The van der Waals surface area contributed by atoms with Crippen LogP contribution in [0.15, 0.2) is 37.1 Å². The third-order valence-corrected chi connectivity index (χ3v) is 7.66. The van der Waals surface area contributed by atoms with E-state index in [9.17, 15) is 23.5 Å². The molecule has 1 aliphatic rings. The number of piperidine rings is 1. The molecule has 4 aromatic rings. The van der Waals surface area contributed by atoms with E-state index in [0.29, 0.717) is 41.4 Å². The minimum absolute atomic E-state index is 0.0344. The number of aromatic nitrogens is 5. The van der Waals surface area contributed by atoms with Gasteiger partial charge in [-0.3, -0.25) is 9.78 Å². The van der Waals surface area contributed by atoms with Gasteiger partial charge in [-0.05, 0) is 37.5 Å². The van der Waals surface area contributed by atoms with Gasteiger partial charge in [0.2, 0.25) is 0 Å². The van der Waals surface area contributed by atoms with Crippen molar-refractivity contribution in [2.24, 2.45) is 5.73 Å². The molecular weight excluding hydrogens is 618 g/mol. The van der Waals surface area contributed by atoms with E-state index in [-0.39, 0.29) is 36.6 Å². The van der Waals surface area contributed by atoms with E-state index in [4.69, 9.17) is 21.3 Å². The predicted octanol–water partition coefficient (Wildman–Crippen LogP) is 2.28. The van der Waals surface area contributed by atoms with Crippen LogP contribution in [0.1, 0.15) is 25.3 Å². The topological polar surface area (TPSA) is 208 Å². The number of hydrogen-bond acceptors (Lipinski definition) is 11. The van der Waals surface area contributed by atoms with Crippen molar-refractivity contribution in [2.45, 2.75) is 50.4 Å². The summed E-state index contributed by atoms with van der Waals surface area (Å²) in [5.74, 6) is -4.18. The Bertz CT molecular complexity index is 1790. The fourth-order valence-electron chi connectivity index (χ4n) is 5.23. The van der Waals surface area contributed by atoms with Gasteiger partial charge in [-0.15, -0.1) is 0 Å². The number of nitrogens with zero attached hydrogens (tertiary/aromatic N) is 6. The number of aliphatic hydroxyl groups excluding tert-OH is 1. The third-order valence-electron chi connectivity index (χ3n) is 7.66. The molecule has 0 aliphatic carbocycles. The number of aliphatic hydroxyl groups is 1. The summed E-state index contributed by atoms with van der Waals surface area (Å²) in [7, 11) is 0. The molecular formula is C28H29F4N9O5. The number of alkyl halides is 2. The summed E-state index contributed by atoms with van der Waals surface area (Å²) in [4.78, 5) is 41.3. The van der Waals surface area contributed by atoms with E-state index in [1.165, 1.54) is 24.9 Å². The maximum Gasteiger partial charge on any atom is 0.413 e. The van der Waals surface area contributed by atoms with Crippen molar-refractivity contribution < 1.29 is 42.1 Å². The largest absolute Gasteiger partial charge is 0.480 e. The van der Waals surface area contributed by atoms with Crippen LogP contribution in [-0.2, 0) is 11.3 Å². The number of aliphatic carboxylic acids is 1. The first-order valence-corrected chi connectivity index (χ1v) is 13.9. The summed E-state index contributed by atoms with van der Waals surface area (Å²) in [6.07, 6.45) is -1.89. The Balaban J connectivity index is 1.53. The maximum absolute atomic E-state index is 15.4. The van der Waals surface area contributed by atoms with E-state index in [1.807, 2.05) is 5.32 Å². The number of pyridine rings is 1. The molecule has 0 saturated carbocycles. The van der Waals surface area contributed by atoms with Gasteiger partial charge in [-0.25, -0.2) is 37.3 Å². The van der Waals surface area contributed by atoms with Gasteiger partial charge in [0.15, 0.2) is 23.0 Å². The Morgan fingerprint density at radius 1 is 1.15 bits per heavy atom. The molecule has 1 aliphatic heterocycles. The number of nitrogens with two attached hydrogens (primary N) is 2.